The van der Waals surface area contributed by atoms with Crippen molar-refractivity contribution >= 4 is 22.8 Å². The lowest BCUT2D eigenvalue weighted by Crippen LogP contribution is -2.56. The van der Waals surface area contributed by atoms with Crippen LogP contribution in [0.1, 0.15) is 25.1 Å². The first kappa shape index (κ1) is 24.1. The van der Waals surface area contributed by atoms with E-state index in [1.807, 2.05) is 9.80 Å². The topological polar surface area (TPSA) is 94.8 Å². The van der Waals surface area contributed by atoms with Gasteiger partial charge in [-0.3, -0.25) is 14.3 Å². The molecule has 1 atom stereocenters. The molecule has 0 N–H and O–H groups in total. The zero-order valence-electron chi connectivity index (χ0n) is 20.3. The Labute approximate surface area is 212 Å². The van der Waals surface area contributed by atoms with E-state index in [9.17, 15) is 13.6 Å². The molecule has 0 saturated carbocycles. The summed E-state index contributed by atoms with van der Waals surface area (Å²) in [5, 5.41) is 0. The van der Waals surface area contributed by atoms with Crippen molar-refractivity contribution in [3.05, 3.63) is 36.2 Å². The third kappa shape index (κ3) is 5.00. The van der Waals surface area contributed by atoms with Crippen LogP contribution in [0.15, 0.2) is 30.3 Å². The second-order valence-electron chi connectivity index (χ2n) is 9.46. The van der Waals surface area contributed by atoms with E-state index in [1.54, 1.807) is 30.3 Å². The highest BCUT2D eigenvalue weighted by Gasteiger charge is 2.34. The van der Waals surface area contributed by atoms with Gasteiger partial charge in [-0.25, -0.2) is 13.8 Å². The summed E-state index contributed by atoms with van der Waals surface area (Å²) in [7, 11) is 0. The zero-order chi connectivity index (χ0) is 25.4. The summed E-state index contributed by atoms with van der Waals surface area (Å²) in [5.41, 5.74) is 0.982. The van der Waals surface area contributed by atoms with Gasteiger partial charge in [-0.15, -0.1) is 0 Å². The summed E-state index contributed by atoms with van der Waals surface area (Å²) in [6.07, 6.45) is -1.56. The third-order valence-corrected chi connectivity index (χ3v) is 6.86. The van der Waals surface area contributed by atoms with Crippen LogP contribution in [0.4, 0.5) is 14.7 Å². The lowest BCUT2D eigenvalue weighted by molar-refractivity contribution is -0.131. The second-order valence-corrected chi connectivity index (χ2v) is 9.46. The van der Waals surface area contributed by atoms with Crippen LogP contribution >= 0.6 is 0 Å². The number of carbonyl (C=O) groups excluding carboxylic acids is 1. The van der Waals surface area contributed by atoms with Crippen LogP contribution in [-0.2, 0) is 14.3 Å². The molecule has 12 heteroatoms. The van der Waals surface area contributed by atoms with E-state index in [-0.39, 0.29) is 29.6 Å². The van der Waals surface area contributed by atoms with E-state index in [1.165, 1.54) is 4.57 Å². The number of Topliss-reactive ketones (excluding diaryl/α,β-unsaturated/α-hetero) is 1. The van der Waals surface area contributed by atoms with Crippen molar-refractivity contribution in [2.45, 2.75) is 31.5 Å². The Balaban J connectivity index is 1.26. The molecule has 6 rings (SSSR count). The highest BCUT2D eigenvalue weighted by atomic mass is 19.3. The first-order valence-corrected chi connectivity index (χ1v) is 12.6. The first-order chi connectivity index (χ1) is 18.0. The quantitative estimate of drug-likeness (QED) is 0.449. The summed E-state index contributed by atoms with van der Waals surface area (Å²) in [6, 6.07) is 8.54. The molecule has 196 valence electrons. The maximum absolute atomic E-state index is 14.0. The largest absolute Gasteiger partial charge is 0.471 e. The van der Waals surface area contributed by atoms with Gasteiger partial charge in [0.15, 0.2) is 11.6 Å². The van der Waals surface area contributed by atoms with Crippen molar-refractivity contribution < 1.29 is 27.8 Å². The molecule has 0 aliphatic carbocycles. The number of ketones is 1. The molecule has 10 nitrogen and oxygen atoms in total. The van der Waals surface area contributed by atoms with Crippen molar-refractivity contribution in [2.24, 2.45) is 0 Å². The average Bonchev–Trinajstić information content (AvgIpc) is 3.56. The number of likely N-dealkylation sites (tertiary alicyclic amines) is 1. The summed E-state index contributed by atoms with van der Waals surface area (Å²) in [5.74, 6) is 0.654. The molecule has 0 spiro atoms. The van der Waals surface area contributed by atoms with Crippen molar-refractivity contribution in [3.63, 3.8) is 0 Å². The number of morpholine rings is 1. The number of carbonyl (C=O) groups is 1. The summed E-state index contributed by atoms with van der Waals surface area (Å²) < 4.78 is 46.5. The number of benzene rings is 1. The fraction of sp³-hybridized carbons (Fsp3) is 0.520. The van der Waals surface area contributed by atoms with E-state index in [2.05, 4.69) is 15.0 Å². The van der Waals surface area contributed by atoms with Gasteiger partial charge in [0.05, 0.1) is 30.8 Å². The van der Waals surface area contributed by atoms with E-state index in [4.69, 9.17) is 14.2 Å². The maximum Gasteiger partial charge on any atom is 0.296 e. The van der Waals surface area contributed by atoms with Crippen LogP contribution in [0, 0.1) is 0 Å². The van der Waals surface area contributed by atoms with Crippen molar-refractivity contribution in [1.82, 2.24) is 24.4 Å². The van der Waals surface area contributed by atoms with Gasteiger partial charge in [-0.1, -0.05) is 12.1 Å². The minimum atomic E-state index is -2.79. The van der Waals surface area contributed by atoms with Crippen molar-refractivity contribution in [3.8, 4) is 11.7 Å². The molecule has 3 fully saturated rings. The Morgan fingerprint density at radius 3 is 2.68 bits per heavy atom. The summed E-state index contributed by atoms with van der Waals surface area (Å²) in [6.45, 7) is 4.32. The van der Waals surface area contributed by atoms with Crippen LogP contribution in [0.3, 0.4) is 0 Å². The molecule has 3 aliphatic heterocycles. The monoisotopic (exact) mass is 514 g/mol. The Morgan fingerprint density at radius 1 is 1.11 bits per heavy atom. The number of nitrogens with zero attached hydrogens (tertiary/aromatic N) is 6. The number of ether oxygens (including phenoxy) is 3. The molecular weight excluding hydrogens is 486 g/mol. The number of hydrogen-bond acceptors (Lipinski definition) is 9. The van der Waals surface area contributed by atoms with Crippen LogP contribution in [0.2, 0.25) is 0 Å². The number of para-hydroxylation sites is 2. The Hall–Kier alpha value is -3.22. The maximum atomic E-state index is 14.0. The molecule has 1 aromatic carbocycles. The molecular formula is C25H28F2N6O4. The van der Waals surface area contributed by atoms with Crippen molar-refractivity contribution in [2.75, 3.05) is 57.4 Å². The minimum absolute atomic E-state index is 0.0985. The Kier molecular flexibility index (Phi) is 6.70. The molecule has 3 aliphatic rings. The molecule has 1 unspecified atom stereocenters. The van der Waals surface area contributed by atoms with Gasteiger partial charge < -0.3 is 19.1 Å². The molecule has 0 bridgehead atoms. The summed E-state index contributed by atoms with van der Waals surface area (Å²) >= 11 is 0. The van der Waals surface area contributed by atoms with E-state index in [0.29, 0.717) is 75.4 Å². The standard InChI is InChI=1S/C25H28F2N6O4/c26-23(27)24-28-17-4-1-2-5-18(17)33(24)21-12-22(30-25(29-21)32-7-10-35-11-8-32)37-16-13-31(14-16)15-19(34)20-6-3-9-36-20/h1-2,4-5,12,16,20,23H,3,6-11,13-15H2. The van der Waals surface area contributed by atoms with Gasteiger partial charge in [0.25, 0.3) is 6.43 Å². The van der Waals surface area contributed by atoms with Gasteiger partial charge in [0.2, 0.25) is 11.8 Å². The van der Waals surface area contributed by atoms with Gasteiger partial charge in [-0.05, 0) is 25.0 Å². The average molecular weight is 515 g/mol. The van der Waals surface area contributed by atoms with E-state index in [0.717, 1.165) is 12.8 Å². The van der Waals surface area contributed by atoms with Gasteiger partial charge in [0.1, 0.15) is 18.0 Å². The SMILES string of the molecule is O=C(CN1CC(Oc2cc(-n3c(C(F)F)nc4ccccc43)nc(N3CCOCC3)n2)C1)C1CCCO1. The molecule has 0 radical (unpaired) electrons. The number of hydrogen-bond donors (Lipinski definition) is 0. The van der Waals surface area contributed by atoms with Crippen LogP contribution in [-0.4, -0.2) is 95.0 Å². The number of aromatic nitrogens is 4. The lowest BCUT2D eigenvalue weighted by atomic mass is 10.1. The third-order valence-electron chi connectivity index (χ3n) is 6.86. The second kappa shape index (κ2) is 10.3. The molecule has 2 aromatic heterocycles. The predicted octanol–water partition coefficient (Wildman–Crippen LogP) is 2.40. The number of anilines is 1. The Bertz CT molecular complexity index is 1270. The van der Waals surface area contributed by atoms with Crippen LogP contribution in [0.5, 0.6) is 5.88 Å². The number of imidazole rings is 1. The van der Waals surface area contributed by atoms with Gasteiger partial charge in [-0.2, -0.15) is 9.97 Å². The molecule has 37 heavy (non-hydrogen) atoms. The van der Waals surface area contributed by atoms with Gasteiger partial charge >= 0.3 is 0 Å². The predicted molar refractivity (Wildman–Crippen MR) is 129 cm³/mol. The minimum Gasteiger partial charge on any atom is -0.471 e. The highest BCUT2D eigenvalue weighted by molar-refractivity contribution is 5.85. The fourth-order valence-corrected chi connectivity index (χ4v) is 4.96. The van der Waals surface area contributed by atoms with Crippen LogP contribution in [0.25, 0.3) is 16.9 Å². The zero-order valence-corrected chi connectivity index (χ0v) is 20.3. The van der Waals surface area contributed by atoms with Crippen molar-refractivity contribution in [1.29, 1.82) is 0 Å². The normalized spacial score (nSPS) is 21.1. The molecule has 0 amide bonds. The fourth-order valence-electron chi connectivity index (χ4n) is 4.96. The highest BCUT2D eigenvalue weighted by Crippen LogP contribution is 2.30. The van der Waals surface area contributed by atoms with Crippen LogP contribution < -0.4 is 9.64 Å². The molecule has 5 heterocycles. The molecule has 3 saturated heterocycles. The smallest absolute Gasteiger partial charge is 0.296 e. The number of alkyl halides is 2. The van der Waals surface area contributed by atoms with Gasteiger partial charge in [0, 0.05) is 38.9 Å². The summed E-state index contributed by atoms with van der Waals surface area (Å²) in [4.78, 5) is 29.7. The first-order valence-electron chi connectivity index (χ1n) is 12.6. The molecule has 3 aromatic rings. The lowest BCUT2D eigenvalue weighted by Gasteiger charge is -2.38. The number of fused-ring (bicyclic) bond motifs is 1. The van der Waals surface area contributed by atoms with E-state index < -0.39 is 6.43 Å². The number of rotatable bonds is 8. The number of halogens is 2. The van der Waals surface area contributed by atoms with E-state index >= 15 is 0 Å². The Morgan fingerprint density at radius 2 is 1.92 bits per heavy atom.